The Hall–Kier alpha value is -1.03. The highest BCUT2D eigenvalue weighted by molar-refractivity contribution is 5.34. The zero-order chi connectivity index (χ0) is 13.8. The van der Waals surface area contributed by atoms with Crippen molar-refractivity contribution in [3.05, 3.63) is 11.3 Å². The average Bonchev–Trinajstić information content (AvgIpc) is 3.02. The maximum absolute atomic E-state index is 5.68. The van der Waals surface area contributed by atoms with Gasteiger partial charge in [-0.1, -0.05) is 26.7 Å². The highest BCUT2D eigenvalue weighted by Gasteiger charge is 2.26. The van der Waals surface area contributed by atoms with E-state index in [1.165, 1.54) is 36.9 Å². The maximum Gasteiger partial charge on any atom is 0.215 e. The standard InChI is InChI=1S/C15H27N3O/c1-11(2)14-13(9-6-10-16)15(19-3)18(17-14)12-7-4-5-8-12/h11-12H,4-10,16H2,1-3H3. The van der Waals surface area contributed by atoms with Crippen LogP contribution >= 0.6 is 0 Å². The average molecular weight is 265 g/mol. The topological polar surface area (TPSA) is 53.1 Å². The van der Waals surface area contributed by atoms with E-state index in [1.54, 1.807) is 7.11 Å². The summed E-state index contributed by atoms with van der Waals surface area (Å²) in [7, 11) is 1.76. The minimum atomic E-state index is 0.435. The van der Waals surface area contributed by atoms with Crippen LogP contribution in [0.3, 0.4) is 0 Å². The van der Waals surface area contributed by atoms with Crippen molar-refractivity contribution in [1.82, 2.24) is 9.78 Å². The van der Waals surface area contributed by atoms with Gasteiger partial charge in [-0.25, -0.2) is 4.68 Å². The van der Waals surface area contributed by atoms with E-state index in [4.69, 9.17) is 15.6 Å². The van der Waals surface area contributed by atoms with Gasteiger partial charge in [-0.15, -0.1) is 0 Å². The van der Waals surface area contributed by atoms with E-state index in [2.05, 4.69) is 18.5 Å². The van der Waals surface area contributed by atoms with Crippen LogP contribution in [-0.4, -0.2) is 23.4 Å². The molecule has 1 aromatic rings. The van der Waals surface area contributed by atoms with Gasteiger partial charge in [-0.05, 0) is 38.1 Å². The molecule has 0 radical (unpaired) electrons. The molecule has 1 aliphatic carbocycles. The SMILES string of the molecule is COc1c(CCCN)c(C(C)C)nn1C1CCCC1. The van der Waals surface area contributed by atoms with Gasteiger partial charge in [-0.2, -0.15) is 5.10 Å². The van der Waals surface area contributed by atoms with Crippen LogP contribution in [0.15, 0.2) is 0 Å². The zero-order valence-electron chi connectivity index (χ0n) is 12.5. The number of ether oxygens (including phenoxy) is 1. The summed E-state index contributed by atoms with van der Waals surface area (Å²) < 4.78 is 7.82. The Morgan fingerprint density at radius 3 is 2.58 bits per heavy atom. The van der Waals surface area contributed by atoms with Crippen LogP contribution in [0.2, 0.25) is 0 Å². The molecule has 1 aliphatic rings. The first-order chi connectivity index (χ1) is 9.19. The molecule has 0 aromatic carbocycles. The Balaban J connectivity index is 2.36. The lowest BCUT2D eigenvalue weighted by Gasteiger charge is -2.13. The molecule has 0 spiro atoms. The van der Waals surface area contributed by atoms with E-state index >= 15 is 0 Å². The van der Waals surface area contributed by atoms with Gasteiger partial charge in [0.1, 0.15) is 0 Å². The van der Waals surface area contributed by atoms with Crippen molar-refractivity contribution in [3.8, 4) is 5.88 Å². The third-order valence-corrected chi connectivity index (χ3v) is 4.03. The fraction of sp³-hybridized carbons (Fsp3) is 0.800. The van der Waals surface area contributed by atoms with Gasteiger partial charge in [0.2, 0.25) is 5.88 Å². The maximum atomic E-state index is 5.68. The monoisotopic (exact) mass is 265 g/mol. The molecule has 1 fully saturated rings. The molecule has 1 heterocycles. The Labute approximate surface area is 116 Å². The lowest BCUT2D eigenvalue weighted by Crippen LogP contribution is -2.09. The molecule has 1 saturated carbocycles. The van der Waals surface area contributed by atoms with Gasteiger partial charge >= 0.3 is 0 Å². The number of nitrogens with two attached hydrogens (primary N) is 1. The van der Waals surface area contributed by atoms with Crippen LogP contribution in [0.5, 0.6) is 5.88 Å². The summed E-state index contributed by atoms with van der Waals surface area (Å²) in [6.45, 7) is 5.12. The van der Waals surface area contributed by atoms with Crippen molar-refractivity contribution >= 4 is 0 Å². The molecule has 0 unspecified atom stereocenters. The molecule has 0 atom stereocenters. The first-order valence-corrected chi connectivity index (χ1v) is 7.54. The normalized spacial score (nSPS) is 16.5. The van der Waals surface area contributed by atoms with Gasteiger partial charge in [0, 0.05) is 5.56 Å². The van der Waals surface area contributed by atoms with Crippen molar-refractivity contribution in [1.29, 1.82) is 0 Å². The van der Waals surface area contributed by atoms with Gasteiger partial charge < -0.3 is 10.5 Å². The molecule has 4 heteroatoms. The second kappa shape index (κ2) is 6.42. The fourth-order valence-electron chi connectivity index (χ4n) is 3.06. The van der Waals surface area contributed by atoms with Crippen LogP contribution in [-0.2, 0) is 6.42 Å². The second-order valence-corrected chi connectivity index (χ2v) is 5.80. The predicted molar refractivity (Wildman–Crippen MR) is 77.7 cm³/mol. The largest absolute Gasteiger partial charge is 0.481 e. The molecule has 1 aromatic heterocycles. The van der Waals surface area contributed by atoms with E-state index in [0.29, 0.717) is 12.0 Å². The Morgan fingerprint density at radius 2 is 2.05 bits per heavy atom. The van der Waals surface area contributed by atoms with E-state index in [9.17, 15) is 0 Å². The van der Waals surface area contributed by atoms with E-state index in [1.807, 2.05) is 0 Å². The van der Waals surface area contributed by atoms with E-state index in [0.717, 1.165) is 25.3 Å². The molecule has 19 heavy (non-hydrogen) atoms. The summed E-state index contributed by atoms with van der Waals surface area (Å²) in [6.07, 6.45) is 7.04. The number of nitrogens with zero attached hydrogens (tertiary/aromatic N) is 2. The fourth-order valence-corrected chi connectivity index (χ4v) is 3.06. The van der Waals surface area contributed by atoms with Crippen molar-refractivity contribution < 1.29 is 4.74 Å². The lowest BCUT2D eigenvalue weighted by molar-refractivity contribution is 0.327. The van der Waals surface area contributed by atoms with E-state index in [-0.39, 0.29) is 0 Å². The summed E-state index contributed by atoms with van der Waals surface area (Å²) in [5.74, 6) is 1.41. The summed E-state index contributed by atoms with van der Waals surface area (Å²) in [5, 5.41) is 4.87. The molecule has 2 N–H and O–H groups in total. The van der Waals surface area contributed by atoms with Gasteiger partial charge in [0.15, 0.2) is 0 Å². The molecule has 0 bridgehead atoms. The second-order valence-electron chi connectivity index (χ2n) is 5.80. The first kappa shape index (κ1) is 14.4. The zero-order valence-corrected chi connectivity index (χ0v) is 12.5. The van der Waals surface area contributed by atoms with Crippen molar-refractivity contribution in [3.63, 3.8) is 0 Å². The molecule has 0 aliphatic heterocycles. The Morgan fingerprint density at radius 1 is 1.37 bits per heavy atom. The lowest BCUT2D eigenvalue weighted by atomic mass is 10.0. The summed E-state index contributed by atoms with van der Waals surface area (Å²) in [6, 6.07) is 0.527. The summed E-state index contributed by atoms with van der Waals surface area (Å²) in [5.41, 5.74) is 8.12. The van der Waals surface area contributed by atoms with Crippen LogP contribution in [0.1, 0.15) is 69.2 Å². The minimum Gasteiger partial charge on any atom is -0.481 e. The molecular weight excluding hydrogens is 238 g/mol. The van der Waals surface area contributed by atoms with Crippen molar-refractivity contribution in [2.45, 2.75) is 64.3 Å². The number of aromatic nitrogens is 2. The van der Waals surface area contributed by atoms with Crippen LogP contribution in [0.4, 0.5) is 0 Å². The van der Waals surface area contributed by atoms with Crippen LogP contribution in [0, 0.1) is 0 Å². The summed E-state index contributed by atoms with van der Waals surface area (Å²) in [4.78, 5) is 0. The minimum absolute atomic E-state index is 0.435. The number of rotatable bonds is 6. The van der Waals surface area contributed by atoms with Gasteiger partial charge in [0.05, 0.1) is 18.8 Å². The molecular formula is C15H27N3O. The molecule has 108 valence electrons. The third kappa shape index (κ3) is 2.94. The smallest absolute Gasteiger partial charge is 0.215 e. The number of hydrogen-bond acceptors (Lipinski definition) is 3. The van der Waals surface area contributed by atoms with E-state index < -0.39 is 0 Å². The Bertz CT molecular complexity index is 406. The van der Waals surface area contributed by atoms with Crippen LogP contribution < -0.4 is 10.5 Å². The van der Waals surface area contributed by atoms with Gasteiger partial charge in [-0.3, -0.25) is 0 Å². The number of hydrogen-bond donors (Lipinski definition) is 1. The summed E-state index contributed by atoms with van der Waals surface area (Å²) >= 11 is 0. The van der Waals surface area contributed by atoms with Gasteiger partial charge in [0.25, 0.3) is 0 Å². The highest BCUT2D eigenvalue weighted by Crippen LogP contribution is 2.37. The quantitative estimate of drug-likeness (QED) is 0.860. The predicted octanol–water partition coefficient (Wildman–Crippen LogP) is 3.02. The van der Waals surface area contributed by atoms with Crippen molar-refractivity contribution in [2.75, 3.05) is 13.7 Å². The first-order valence-electron chi connectivity index (χ1n) is 7.54. The molecule has 4 nitrogen and oxygen atoms in total. The molecule has 0 amide bonds. The third-order valence-electron chi connectivity index (χ3n) is 4.03. The molecule has 2 rings (SSSR count). The highest BCUT2D eigenvalue weighted by atomic mass is 16.5. The van der Waals surface area contributed by atoms with Crippen LogP contribution in [0.25, 0.3) is 0 Å². The Kier molecular flexibility index (Phi) is 4.86. The molecule has 0 saturated heterocycles. The number of methoxy groups -OCH3 is 1. The van der Waals surface area contributed by atoms with Crippen molar-refractivity contribution in [2.24, 2.45) is 5.73 Å².